The molecule has 1 saturated heterocycles. The summed E-state index contributed by atoms with van der Waals surface area (Å²) < 4.78 is 1.52. The molecule has 0 aromatic carbocycles. The van der Waals surface area contributed by atoms with E-state index in [1.807, 2.05) is 6.92 Å². The Balaban J connectivity index is 2.06. The fourth-order valence-corrected chi connectivity index (χ4v) is 3.17. The number of amides is 1. The van der Waals surface area contributed by atoms with Crippen molar-refractivity contribution >= 4 is 17.2 Å². The molecular weight excluding hydrogens is 252 g/mol. The van der Waals surface area contributed by atoms with E-state index in [4.69, 9.17) is 5.11 Å². The lowest BCUT2D eigenvalue weighted by molar-refractivity contribution is -0.132. The lowest BCUT2D eigenvalue weighted by Gasteiger charge is -2.24. The molecule has 0 bridgehead atoms. The fraction of sp³-hybridized carbons (Fsp3) is 0.667. The average molecular weight is 270 g/mol. The number of aryl methyl sites for hydroxylation is 1. The molecule has 1 aliphatic heterocycles. The second-order valence-corrected chi connectivity index (χ2v) is 5.45. The molecule has 100 valence electrons. The number of nitrogens with zero attached hydrogens (tertiary/aromatic N) is 2. The van der Waals surface area contributed by atoms with Crippen LogP contribution in [0.2, 0.25) is 0 Å². The van der Waals surface area contributed by atoms with Gasteiger partial charge in [0.25, 0.3) is 0 Å². The molecule has 6 heteroatoms. The van der Waals surface area contributed by atoms with Gasteiger partial charge in [0, 0.05) is 30.3 Å². The van der Waals surface area contributed by atoms with Crippen LogP contribution in [-0.2, 0) is 11.3 Å². The smallest absolute Gasteiger partial charge is 0.307 e. The van der Waals surface area contributed by atoms with Crippen molar-refractivity contribution in [1.29, 1.82) is 0 Å². The first-order valence-electron chi connectivity index (χ1n) is 6.18. The molecule has 1 amide bonds. The maximum Gasteiger partial charge on any atom is 0.307 e. The molecule has 1 aliphatic rings. The summed E-state index contributed by atoms with van der Waals surface area (Å²) in [7, 11) is 0. The highest BCUT2D eigenvalue weighted by molar-refractivity contribution is 7.07. The molecule has 0 radical (unpaired) electrons. The van der Waals surface area contributed by atoms with Gasteiger partial charge in [0.05, 0.1) is 0 Å². The van der Waals surface area contributed by atoms with Crippen molar-refractivity contribution in [2.24, 2.45) is 0 Å². The topological polar surface area (TPSA) is 62.5 Å². The summed E-state index contributed by atoms with van der Waals surface area (Å²) in [5.41, 5.74) is 0.830. The van der Waals surface area contributed by atoms with Gasteiger partial charge in [-0.25, -0.2) is 0 Å². The lowest BCUT2D eigenvalue weighted by atomic mass is 10.1. The Hall–Kier alpha value is -1.14. The second kappa shape index (κ2) is 5.67. The van der Waals surface area contributed by atoms with E-state index in [1.54, 1.807) is 10.3 Å². The molecule has 0 saturated carbocycles. The zero-order chi connectivity index (χ0) is 13.1. The Labute approximate surface area is 110 Å². The van der Waals surface area contributed by atoms with Crippen LogP contribution in [0.4, 0.5) is 0 Å². The Kier molecular flexibility index (Phi) is 4.19. The standard InChI is InChI=1S/C12H18N2O3S/c1-9-8-18-12(17)14(9)7-11(16)13-5-2-3-10(13)4-6-15/h8,10,15H,2-7H2,1H3. The van der Waals surface area contributed by atoms with Crippen LogP contribution in [-0.4, -0.2) is 39.7 Å². The molecule has 1 aromatic rings. The first kappa shape index (κ1) is 13.3. The lowest BCUT2D eigenvalue weighted by Crippen LogP contribution is -2.39. The van der Waals surface area contributed by atoms with Crippen molar-refractivity contribution in [3.05, 3.63) is 20.7 Å². The SMILES string of the molecule is Cc1csc(=O)n1CC(=O)N1CCCC1CCO. The molecule has 1 aromatic heterocycles. The minimum absolute atomic E-state index is 0.0189. The first-order valence-corrected chi connectivity index (χ1v) is 7.06. The number of thiazole rings is 1. The van der Waals surface area contributed by atoms with Crippen LogP contribution in [0, 0.1) is 6.92 Å². The summed E-state index contributed by atoms with van der Waals surface area (Å²) in [5.74, 6) is -0.0189. The molecule has 18 heavy (non-hydrogen) atoms. The zero-order valence-corrected chi connectivity index (χ0v) is 11.3. The number of aliphatic hydroxyl groups is 1. The molecule has 0 spiro atoms. The van der Waals surface area contributed by atoms with Crippen molar-refractivity contribution in [2.45, 2.75) is 38.8 Å². The van der Waals surface area contributed by atoms with Gasteiger partial charge in [-0.3, -0.25) is 14.2 Å². The molecule has 5 nitrogen and oxygen atoms in total. The van der Waals surface area contributed by atoms with E-state index in [0.29, 0.717) is 6.42 Å². The Morgan fingerprint density at radius 3 is 3.00 bits per heavy atom. The number of rotatable bonds is 4. The molecule has 2 heterocycles. The zero-order valence-electron chi connectivity index (χ0n) is 10.5. The van der Waals surface area contributed by atoms with E-state index >= 15 is 0 Å². The van der Waals surface area contributed by atoms with Gasteiger partial charge in [-0.2, -0.15) is 0 Å². The van der Waals surface area contributed by atoms with Crippen molar-refractivity contribution < 1.29 is 9.90 Å². The van der Waals surface area contributed by atoms with Gasteiger partial charge in [-0.15, -0.1) is 0 Å². The highest BCUT2D eigenvalue weighted by Crippen LogP contribution is 2.20. The van der Waals surface area contributed by atoms with Crippen LogP contribution < -0.4 is 4.87 Å². The Morgan fingerprint density at radius 1 is 1.61 bits per heavy atom. The van der Waals surface area contributed by atoms with E-state index in [-0.39, 0.29) is 30.0 Å². The highest BCUT2D eigenvalue weighted by Gasteiger charge is 2.28. The average Bonchev–Trinajstić information content (AvgIpc) is 2.91. The number of carbonyl (C=O) groups is 1. The van der Waals surface area contributed by atoms with Crippen molar-refractivity contribution in [1.82, 2.24) is 9.47 Å². The first-order chi connectivity index (χ1) is 8.63. The van der Waals surface area contributed by atoms with Crippen LogP contribution in [0.15, 0.2) is 10.2 Å². The summed E-state index contributed by atoms with van der Waals surface area (Å²) >= 11 is 1.12. The van der Waals surface area contributed by atoms with Crippen molar-refractivity contribution in [3.63, 3.8) is 0 Å². The van der Waals surface area contributed by atoms with Gasteiger partial charge < -0.3 is 10.0 Å². The maximum atomic E-state index is 12.2. The van der Waals surface area contributed by atoms with E-state index in [0.717, 1.165) is 36.4 Å². The largest absolute Gasteiger partial charge is 0.396 e. The third-order valence-corrected chi connectivity index (χ3v) is 4.31. The third kappa shape index (κ3) is 2.64. The molecule has 1 unspecified atom stereocenters. The maximum absolute atomic E-state index is 12.2. The summed E-state index contributed by atoms with van der Waals surface area (Å²) in [5, 5.41) is 10.7. The van der Waals surface area contributed by atoms with Crippen LogP contribution in [0.25, 0.3) is 0 Å². The van der Waals surface area contributed by atoms with Gasteiger partial charge in [0.2, 0.25) is 5.91 Å². The summed E-state index contributed by atoms with van der Waals surface area (Å²) in [6, 6.07) is 0.136. The monoisotopic (exact) mass is 270 g/mol. The van der Waals surface area contributed by atoms with Crippen LogP contribution in [0.1, 0.15) is 25.0 Å². The summed E-state index contributed by atoms with van der Waals surface area (Å²) in [4.78, 5) is 25.5. The van der Waals surface area contributed by atoms with Crippen LogP contribution >= 0.6 is 11.3 Å². The molecule has 1 fully saturated rings. The summed E-state index contributed by atoms with van der Waals surface area (Å²) in [6.45, 7) is 2.80. The minimum Gasteiger partial charge on any atom is -0.396 e. The number of aromatic nitrogens is 1. The van der Waals surface area contributed by atoms with Crippen molar-refractivity contribution in [3.8, 4) is 0 Å². The third-order valence-electron chi connectivity index (χ3n) is 3.43. The number of hydrogen-bond acceptors (Lipinski definition) is 4. The van der Waals surface area contributed by atoms with Gasteiger partial charge in [0.1, 0.15) is 6.54 Å². The van der Waals surface area contributed by atoms with Crippen LogP contribution in [0.3, 0.4) is 0 Å². The van der Waals surface area contributed by atoms with E-state index < -0.39 is 0 Å². The minimum atomic E-state index is -0.0845. The Morgan fingerprint density at radius 2 is 2.39 bits per heavy atom. The predicted molar refractivity (Wildman–Crippen MR) is 69.8 cm³/mol. The number of carbonyl (C=O) groups excluding carboxylic acids is 1. The quantitative estimate of drug-likeness (QED) is 0.871. The van der Waals surface area contributed by atoms with Gasteiger partial charge in [0.15, 0.2) is 0 Å². The second-order valence-electron chi connectivity index (χ2n) is 4.62. The normalized spacial score (nSPS) is 19.4. The summed E-state index contributed by atoms with van der Waals surface area (Å²) in [6.07, 6.45) is 2.56. The van der Waals surface area contributed by atoms with Gasteiger partial charge in [-0.1, -0.05) is 11.3 Å². The molecule has 1 N–H and O–H groups in total. The molecule has 2 rings (SSSR count). The molecular formula is C12H18N2O3S. The highest BCUT2D eigenvalue weighted by atomic mass is 32.1. The Bertz CT molecular complexity index is 480. The number of likely N-dealkylation sites (tertiary alicyclic amines) is 1. The van der Waals surface area contributed by atoms with Gasteiger partial charge >= 0.3 is 4.87 Å². The predicted octanol–water partition coefficient (Wildman–Crippen LogP) is 0.592. The van der Waals surface area contributed by atoms with E-state index in [1.165, 1.54) is 4.57 Å². The van der Waals surface area contributed by atoms with E-state index in [2.05, 4.69) is 0 Å². The van der Waals surface area contributed by atoms with Crippen molar-refractivity contribution in [2.75, 3.05) is 13.2 Å². The fourth-order valence-electron chi connectivity index (χ4n) is 2.44. The molecule has 1 atom stereocenters. The number of aliphatic hydroxyl groups excluding tert-OH is 1. The van der Waals surface area contributed by atoms with E-state index in [9.17, 15) is 9.59 Å². The van der Waals surface area contributed by atoms with Gasteiger partial charge in [-0.05, 0) is 26.2 Å². The van der Waals surface area contributed by atoms with Crippen LogP contribution in [0.5, 0.6) is 0 Å². The number of hydrogen-bond donors (Lipinski definition) is 1. The molecule has 0 aliphatic carbocycles.